The van der Waals surface area contributed by atoms with Gasteiger partial charge in [-0.3, -0.25) is 9.52 Å². The van der Waals surface area contributed by atoms with Gasteiger partial charge in [0.15, 0.2) is 0 Å². The lowest BCUT2D eigenvalue weighted by molar-refractivity contribution is 0.0733. The number of halogens is 2. The van der Waals surface area contributed by atoms with Gasteiger partial charge in [-0.05, 0) is 36.8 Å². The van der Waals surface area contributed by atoms with Crippen LogP contribution in [0, 0.1) is 12.7 Å². The molecule has 1 aliphatic heterocycles. The highest BCUT2D eigenvalue weighted by atomic mass is 35.5. The zero-order chi connectivity index (χ0) is 23.0. The van der Waals surface area contributed by atoms with Gasteiger partial charge in [0.05, 0.1) is 46.8 Å². The Morgan fingerprint density at radius 1 is 1.16 bits per heavy atom. The van der Waals surface area contributed by atoms with Gasteiger partial charge in [-0.25, -0.2) is 9.37 Å². The maximum absolute atomic E-state index is 14.7. The summed E-state index contributed by atoms with van der Waals surface area (Å²) in [5.41, 5.74) is 1.18. The molecule has 0 saturated carbocycles. The van der Waals surface area contributed by atoms with E-state index in [-0.39, 0.29) is 35.0 Å². The van der Waals surface area contributed by atoms with Crippen LogP contribution in [0.25, 0.3) is 10.9 Å². The molecule has 9 nitrogen and oxygen atoms in total. The number of nitrogens with one attached hydrogen (secondary N) is 2. The molecule has 0 atom stereocenters. The predicted octanol–water partition coefficient (Wildman–Crippen LogP) is 2.77. The second-order valence-electron chi connectivity index (χ2n) is 7.32. The minimum atomic E-state index is -3.89. The average molecular weight is 482 g/mol. The Bertz CT molecular complexity index is 1360. The highest BCUT2D eigenvalue weighted by Gasteiger charge is 2.26. The third-order valence-corrected chi connectivity index (χ3v) is 7.16. The summed E-state index contributed by atoms with van der Waals surface area (Å²) < 4.78 is 50.2. The number of hydrogen-bond donors (Lipinski definition) is 2. The fourth-order valence-electron chi connectivity index (χ4n) is 3.46. The molecule has 0 radical (unpaired) electrons. The lowest BCUT2D eigenvalue weighted by atomic mass is 10.1. The average Bonchev–Trinajstić information content (AvgIpc) is 2.77. The number of ether oxygens (including phenoxy) is 1. The van der Waals surface area contributed by atoms with E-state index in [1.807, 2.05) is 0 Å². The normalized spacial score (nSPS) is 15.1. The zero-order valence-electron chi connectivity index (χ0n) is 17.4. The Labute approximate surface area is 189 Å². The maximum atomic E-state index is 14.7. The van der Waals surface area contributed by atoms with E-state index < -0.39 is 16.0 Å². The van der Waals surface area contributed by atoms with Gasteiger partial charge in [-0.1, -0.05) is 11.6 Å². The number of nitrogens with zero attached hydrogens (tertiary/aromatic N) is 3. The van der Waals surface area contributed by atoms with E-state index >= 15 is 0 Å². The summed E-state index contributed by atoms with van der Waals surface area (Å²) in [5, 5.41) is 3.15. The van der Waals surface area contributed by atoms with Gasteiger partial charge >= 0.3 is 10.2 Å². The van der Waals surface area contributed by atoms with Crippen molar-refractivity contribution in [1.29, 1.82) is 0 Å². The molecule has 12 heteroatoms. The molecule has 1 saturated heterocycles. The molecule has 1 aromatic heterocycles. The van der Waals surface area contributed by atoms with E-state index in [4.69, 9.17) is 16.3 Å². The van der Waals surface area contributed by atoms with Crippen LogP contribution in [0.15, 0.2) is 35.4 Å². The minimum absolute atomic E-state index is 0.0260. The summed E-state index contributed by atoms with van der Waals surface area (Å²) in [4.78, 5) is 16.8. The first-order valence-electron chi connectivity index (χ1n) is 9.74. The third kappa shape index (κ3) is 4.16. The number of benzene rings is 2. The Hall–Kier alpha value is -2.73. The molecule has 1 fully saturated rings. The molecule has 0 amide bonds. The smallest absolute Gasteiger partial charge is 0.301 e. The molecule has 32 heavy (non-hydrogen) atoms. The lowest BCUT2D eigenvalue weighted by Gasteiger charge is -2.26. The minimum Gasteiger partial charge on any atom is -0.379 e. The van der Waals surface area contributed by atoms with Crippen LogP contribution in [0.4, 0.5) is 21.5 Å². The Morgan fingerprint density at radius 2 is 1.84 bits per heavy atom. The number of fused-ring (bicyclic) bond motifs is 1. The van der Waals surface area contributed by atoms with Crippen molar-refractivity contribution in [2.75, 3.05) is 36.3 Å². The van der Waals surface area contributed by atoms with Gasteiger partial charge in [-0.15, -0.1) is 0 Å². The van der Waals surface area contributed by atoms with Gasteiger partial charge in [0, 0.05) is 25.8 Å². The Balaban J connectivity index is 1.70. The highest BCUT2D eigenvalue weighted by Crippen LogP contribution is 2.36. The summed E-state index contributed by atoms with van der Waals surface area (Å²) in [7, 11) is -2.30. The van der Waals surface area contributed by atoms with Crippen molar-refractivity contribution in [3.63, 3.8) is 0 Å². The van der Waals surface area contributed by atoms with E-state index in [0.717, 1.165) is 6.07 Å². The molecule has 2 heterocycles. The predicted molar refractivity (Wildman–Crippen MR) is 121 cm³/mol. The lowest BCUT2D eigenvalue weighted by Crippen LogP contribution is -2.43. The topological polar surface area (TPSA) is 106 Å². The standard InChI is InChI=1S/C20H21ClFN5O4S/c1-12-14(5-6-15-17(12)20(28)26(2)11-23-15)24-19-13(22)3-4-16(18(19)21)25-32(29,30)27-7-9-31-10-8-27/h3-6,11,24-25H,7-10H2,1-2H3. The van der Waals surface area contributed by atoms with Crippen LogP contribution in [0.3, 0.4) is 0 Å². The molecule has 0 aliphatic carbocycles. The van der Waals surface area contributed by atoms with E-state index in [1.165, 1.54) is 21.3 Å². The van der Waals surface area contributed by atoms with Crippen LogP contribution in [0.2, 0.25) is 5.02 Å². The first-order chi connectivity index (χ1) is 15.2. The van der Waals surface area contributed by atoms with E-state index in [1.54, 1.807) is 26.1 Å². The fraction of sp³-hybridized carbons (Fsp3) is 0.300. The van der Waals surface area contributed by atoms with Crippen molar-refractivity contribution >= 4 is 49.8 Å². The first kappa shape index (κ1) is 22.5. The molecule has 2 aromatic carbocycles. The Kier molecular flexibility index (Phi) is 6.08. The molecular weight excluding hydrogens is 461 g/mol. The summed E-state index contributed by atoms with van der Waals surface area (Å²) >= 11 is 6.39. The number of morpholine rings is 1. The molecule has 0 unspecified atom stereocenters. The van der Waals surface area contributed by atoms with Crippen molar-refractivity contribution in [3.8, 4) is 0 Å². The summed E-state index contributed by atoms with van der Waals surface area (Å²) in [6.45, 7) is 2.71. The molecular formula is C20H21ClFN5O4S. The number of rotatable bonds is 5. The number of aryl methyl sites for hydroxylation is 2. The van der Waals surface area contributed by atoms with Gasteiger partial charge < -0.3 is 14.6 Å². The van der Waals surface area contributed by atoms with Gasteiger partial charge in [0.25, 0.3) is 5.56 Å². The SMILES string of the molecule is Cc1c(Nc2c(F)ccc(NS(=O)(=O)N3CCOCC3)c2Cl)ccc2ncn(C)c(=O)c12. The van der Waals surface area contributed by atoms with Crippen LogP contribution in [0.5, 0.6) is 0 Å². The molecule has 0 spiro atoms. The van der Waals surface area contributed by atoms with E-state index in [0.29, 0.717) is 35.4 Å². The summed E-state index contributed by atoms with van der Waals surface area (Å²) in [5.74, 6) is -0.678. The summed E-state index contributed by atoms with van der Waals surface area (Å²) in [6, 6.07) is 5.67. The quantitative estimate of drug-likeness (QED) is 0.580. The van der Waals surface area contributed by atoms with Crippen LogP contribution in [-0.2, 0) is 22.0 Å². The van der Waals surface area contributed by atoms with Crippen LogP contribution in [-0.4, -0.2) is 48.6 Å². The second kappa shape index (κ2) is 8.66. The summed E-state index contributed by atoms with van der Waals surface area (Å²) in [6.07, 6.45) is 1.43. The van der Waals surface area contributed by atoms with Crippen LogP contribution in [0.1, 0.15) is 5.56 Å². The molecule has 2 N–H and O–H groups in total. The van der Waals surface area contributed by atoms with Crippen molar-refractivity contribution in [3.05, 3.63) is 57.3 Å². The molecule has 3 aromatic rings. The van der Waals surface area contributed by atoms with Crippen molar-refractivity contribution in [2.45, 2.75) is 6.92 Å². The fourth-order valence-corrected chi connectivity index (χ4v) is 4.97. The van der Waals surface area contributed by atoms with Crippen molar-refractivity contribution in [1.82, 2.24) is 13.9 Å². The Morgan fingerprint density at radius 3 is 2.56 bits per heavy atom. The number of aromatic nitrogens is 2. The largest absolute Gasteiger partial charge is 0.379 e. The molecule has 0 bridgehead atoms. The van der Waals surface area contributed by atoms with Gasteiger partial charge in [0.2, 0.25) is 0 Å². The van der Waals surface area contributed by atoms with Crippen molar-refractivity contribution in [2.24, 2.45) is 7.05 Å². The number of anilines is 3. The third-order valence-electron chi connectivity index (χ3n) is 5.25. The van der Waals surface area contributed by atoms with Gasteiger partial charge in [0.1, 0.15) is 5.82 Å². The maximum Gasteiger partial charge on any atom is 0.301 e. The van der Waals surface area contributed by atoms with Crippen LogP contribution < -0.4 is 15.6 Å². The second-order valence-corrected chi connectivity index (χ2v) is 9.37. The van der Waals surface area contributed by atoms with Crippen molar-refractivity contribution < 1.29 is 17.5 Å². The highest BCUT2D eigenvalue weighted by molar-refractivity contribution is 7.90. The first-order valence-corrected chi connectivity index (χ1v) is 11.6. The molecule has 4 rings (SSSR count). The number of hydrogen-bond acceptors (Lipinski definition) is 6. The van der Waals surface area contributed by atoms with E-state index in [9.17, 15) is 17.6 Å². The van der Waals surface area contributed by atoms with Gasteiger partial charge in [-0.2, -0.15) is 12.7 Å². The molecule has 1 aliphatic rings. The monoisotopic (exact) mass is 481 g/mol. The van der Waals surface area contributed by atoms with Crippen LogP contribution >= 0.6 is 11.6 Å². The van der Waals surface area contributed by atoms with E-state index in [2.05, 4.69) is 15.0 Å². The molecule has 170 valence electrons. The zero-order valence-corrected chi connectivity index (χ0v) is 18.9.